The number of ether oxygens (including phenoxy) is 2. The average molecular weight is 340 g/mol. The van der Waals surface area contributed by atoms with Crippen LogP contribution in [0.3, 0.4) is 0 Å². The Hall–Kier alpha value is -2.82. The number of benzene rings is 2. The fraction of sp³-hybridized carbons (Fsp3) is 0.300. The Balaban J connectivity index is 1.77. The first-order valence-corrected chi connectivity index (χ1v) is 8.31. The molecular weight excluding hydrogens is 316 g/mol. The van der Waals surface area contributed by atoms with Gasteiger partial charge in [0.2, 0.25) is 0 Å². The molecule has 0 fully saturated rings. The van der Waals surface area contributed by atoms with Gasteiger partial charge in [-0.2, -0.15) is 5.10 Å². The zero-order chi connectivity index (χ0) is 18.1. The molecule has 5 heteroatoms. The molecule has 0 aliphatic heterocycles. The van der Waals surface area contributed by atoms with Crippen molar-refractivity contribution >= 4 is 12.1 Å². The second kappa shape index (κ2) is 9.47. The number of amides is 1. The Morgan fingerprint density at radius 1 is 1.12 bits per heavy atom. The van der Waals surface area contributed by atoms with Crippen molar-refractivity contribution < 1.29 is 14.3 Å². The van der Waals surface area contributed by atoms with Gasteiger partial charge in [-0.05, 0) is 59.9 Å². The number of methoxy groups -OCH3 is 1. The second-order valence-corrected chi connectivity index (χ2v) is 5.73. The molecule has 0 aliphatic rings. The predicted octanol–water partition coefficient (Wildman–Crippen LogP) is 3.74. The topological polar surface area (TPSA) is 59.9 Å². The van der Waals surface area contributed by atoms with Crippen molar-refractivity contribution in [2.24, 2.45) is 5.10 Å². The quantitative estimate of drug-likeness (QED) is 0.588. The van der Waals surface area contributed by atoms with Crippen LogP contribution in [0.15, 0.2) is 53.6 Å². The zero-order valence-electron chi connectivity index (χ0n) is 14.9. The number of hydrazone groups is 1. The molecule has 1 N–H and O–H groups in total. The van der Waals surface area contributed by atoms with Gasteiger partial charge in [0.25, 0.3) is 5.91 Å². The standard InChI is InChI=1S/C20H24N2O3/c1-4-15(2)17-7-11-19(12-8-17)25-14-20(23)22-21-13-16-5-9-18(24-3)10-6-16/h5-13,15H,4,14H2,1-3H3,(H,22,23). The van der Waals surface area contributed by atoms with Gasteiger partial charge in [0.05, 0.1) is 13.3 Å². The molecule has 1 unspecified atom stereocenters. The minimum Gasteiger partial charge on any atom is -0.497 e. The number of hydrogen-bond donors (Lipinski definition) is 1. The molecule has 0 bridgehead atoms. The summed E-state index contributed by atoms with van der Waals surface area (Å²) in [6, 6.07) is 15.2. The van der Waals surface area contributed by atoms with E-state index in [1.54, 1.807) is 13.3 Å². The van der Waals surface area contributed by atoms with Gasteiger partial charge in [-0.15, -0.1) is 0 Å². The van der Waals surface area contributed by atoms with Crippen LogP contribution in [0.2, 0.25) is 0 Å². The van der Waals surface area contributed by atoms with Crippen molar-refractivity contribution in [1.82, 2.24) is 5.43 Å². The van der Waals surface area contributed by atoms with E-state index in [4.69, 9.17) is 9.47 Å². The number of nitrogens with one attached hydrogen (secondary N) is 1. The maximum Gasteiger partial charge on any atom is 0.277 e. The summed E-state index contributed by atoms with van der Waals surface area (Å²) >= 11 is 0. The summed E-state index contributed by atoms with van der Waals surface area (Å²) in [6.07, 6.45) is 2.66. The molecule has 0 spiro atoms. The average Bonchev–Trinajstić information content (AvgIpc) is 2.66. The van der Waals surface area contributed by atoms with Crippen LogP contribution in [0.1, 0.15) is 37.3 Å². The van der Waals surface area contributed by atoms with E-state index in [1.807, 2.05) is 48.5 Å². The van der Waals surface area contributed by atoms with Crippen molar-refractivity contribution in [1.29, 1.82) is 0 Å². The summed E-state index contributed by atoms with van der Waals surface area (Å²) in [7, 11) is 1.61. The van der Waals surface area contributed by atoms with Crippen LogP contribution in [0, 0.1) is 0 Å². The molecular formula is C20H24N2O3. The van der Waals surface area contributed by atoms with Crippen molar-refractivity contribution in [3.8, 4) is 11.5 Å². The van der Waals surface area contributed by atoms with E-state index >= 15 is 0 Å². The fourth-order valence-electron chi connectivity index (χ4n) is 2.18. The summed E-state index contributed by atoms with van der Waals surface area (Å²) in [5.41, 5.74) is 4.57. The highest BCUT2D eigenvalue weighted by atomic mass is 16.5. The van der Waals surface area contributed by atoms with Gasteiger partial charge in [0.15, 0.2) is 6.61 Å². The van der Waals surface area contributed by atoms with Crippen molar-refractivity contribution in [3.63, 3.8) is 0 Å². The molecule has 0 saturated heterocycles. The highest BCUT2D eigenvalue weighted by molar-refractivity contribution is 5.83. The van der Waals surface area contributed by atoms with Crippen LogP contribution < -0.4 is 14.9 Å². The largest absolute Gasteiger partial charge is 0.497 e. The van der Waals surface area contributed by atoms with E-state index in [0.717, 1.165) is 17.7 Å². The molecule has 132 valence electrons. The monoisotopic (exact) mass is 340 g/mol. The summed E-state index contributed by atoms with van der Waals surface area (Å²) in [5, 5.41) is 3.91. The molecule has 1 amide bonds. The number of rotatable bonds is 8. The van der Waals surface area contributed by atoms with Gasteiger partial charge in [-0.3, -0.25) is 4.79 Å². The maximum atomic E-state index is 11.8. The number of nitrogens with zero attached hydrogens (tertiary/aromatic N) is 1. The molecule has 0 saturated carbocycles. The molecule has 0 aliphatic carbocycles. The van der Waals surface area contributed by atoms with Gasteiger partial charge < -0.3 is 9.47 Å². The highest BCUT2D eigenvalue weighted by Gasteiger charge is 2.04. The maximum absolute atomic E-state index is 11.8. The summed E-state index contributed by atoms with van der Waals surface area (Å²) in [6.45, 7) is 4.26. The van der Waals surface area contributed by atoms with Gasteiger partial charge in [-0.25, -0.2) is 5.43 Å². The smallest absolute Gasteiger partial charge is 0.277 e. The summed E-state index contributed by atoms with van der Waals surface area (Å²) in [4.78, 5) is 11.8. The number of carbonyl (C=O) groups is 1. The van der Waals surface area contributed by atoms with E-state index < -0.39 is 0 Å². The first-order valence-electron chi connectivity index (χ1n) is 8.31. The van der Waals surface area contributed by atoms with Gasteiger partial charge >= 0.3 is 0 Å². The third kappa shape index (κ3) is 5.95. The first-order chi connectivity index (χ1) is 12.1. The SMILES string of the molecule is CCC(C)c1ccc(OCC(=O)NN=Cc2ccc(OC)cc2)cc1. The lowest BCUT2D eigenvalue weighted by Gasteiger charge is -2.10. The van der Waals surface area contributed by atoms with Gasteiger partial charge in [0.1, 0.15) is 11.5 Å². The molecule has 0 aromatic heterocycles. The Labute approximate surface area is 148 Å². The lowest BCUT2D eigenvalue weighted by molar-refractivity contribution is -0.123. The highest BCUT2D eigenvalue weighted by Crippen LogP contribution is 2.21. The molecule has 2 aromatic carbocycles. The second-order valence-electron chi connectivity index (χ2n) is 5.73. The van der Waals surface area contributed by atoms with E-state index in [2.05, 4.69) is 24.4 Å². The number of carbonyl (C=O) groups excluding carboxylic acids is 1. The third-order valence-corrected chi connectivity index (χ3v) is 3.95. The van der Waals surface area contributed by atoms with Crippen LogP contribution in [0.5, 0.6) is 11.5 Å². The summed E-state index contributed by atoms with van der Waals surface area (Å²) in [5.74, 6) is 1.65. The Morgan fingerprint density at radius 2 is 1.76 bits per heavy atom. The first kappa shape index (κ1) is 18.5. The van der Waals surface area contributed by atoms with E-state index in [9.17, 15) is 4.79 Å². The molecule has 25 heavy (non-hydrogen) atoms. The van der Waals surface area contributed by atoms with Crippen LogP contribution in [0.25, 0.3) is 0 Å². The fourth-order valence-corrected chi connectivity index (χ4v) is 2.18. The lowest BCUT2D eigenvalue weighted by Crippen LogP contribution is -2.24. The zero-order valence-corrected chi connectivity index (χ0v) is 14.9. The minimum atomic E-state index is -0.309. The molecule has 0 radical (unpaired) electrons. The summed E-state index contributed by atoms with van der Waals surface area (Å²) < 4.78 is 10.5. The van der Waals surface area contributed by atoms with Crippen LogP contribution >= 0.6 is 0 Å². The Morgan fingerprint density at radius 3 is 2.36 bits per heavy atom. The molecule has 0 heterocycles. The molecule has 2 aromatic rings. The Bertz CT molecular complexity index is 694. The molecule has 1 atom stereocenters. The predicted molar refractivity (Wildman–Crippen MR) is 99.4 cm³/mol. The third-order valence-electron chi connectivity index (χ3n) is 3.95. The lowest BCUT2D eigenvalue weighted by atomic mass is 9.99. The van der Waals surface area contributed by atoms with Crippen molar-refractivity contribution in [2.45, 2.75) is 26.2 Å². The van der Waals surface area contributed by atoms with Crippen LogP contribution in [-0.4, -0.2) is 25.8 Å². The van der Waals surface area contributed by atoms with Crippen molar-refractivity contribution in [3.05, 3.63) is 59.7 Å². The van der Waals surface area contributed by atoms with E-state index in [-0.39, 0.29) is 12.5 Å². The number of hydrogen-bond acceptors (Lipinski definition) is 4. The minimum absolute atomic E-state index is 0.0807. The van der Waals surface area contributed by atoms with Crippen LogP contribution in [-0.2, 0) is 4.79 Å². The van der Waals surface area contributed by atoms with Crippen molar-refractivity contribution in [2.75, 3.05) is 13.7 Å². The van der Waals surface area contributed by atoms with Crippen LogP contribution in [0.4, 0.5) is 0 Å². The van der Waals surface area contributed by atoms with Gasteiger partial charge in [0, 0.05) is 0 Å². The Kier molecular flexibility index (Phi) is 7.01. The van der Waals surface area contributed by atoms with E-state index in [1.165, 1.54) is 5.56 Å². The molecule has 5 nitrogen and oxygen atoms in total. The molecule has 2 rings (SSSR count). The normalized spacial score (nSPS) is 12.0. The van der Waals surface area contributed by atoms with E-state index in [0.29, 0.717) is 11.7 Å². The van der Waals surface area contributed by atoms with Gasteiger partial charge in [-0.1, -0.05) is 26.0 Å².